The minimum Gasteiger partial charge on any atom is -0.380 e. The van der Waals surface area contributed by atoms with E-state index in [1.165, 1.54) is 0 Å². The predicted octanol–water partition coefficient (Wildman–Crippen LogP) is 1.19. The summed E-state index contributed by atoms with van der Waals surface area (Å²) in [6, 6.07) is 6.60. The van der Waals surface area contributed by atoms with E-state index in [0.717, 1.165) is 0 Å². The van der Waals surface area contributed by atoms with E-state index in [1.807, 2.05) is 13.0 Å². The van der Waals surface area contributed by atoms with Crippen LogP contribution in [0.2, 0.25) is 0 Å². The van der Waals surface area contributed by atoms with E-state index in [4.69, 9.17) is 4.74 Å². The molecule has 1 atom stereocenters. The molecule has 2 amide bonds. The Hall–Kier alpha value is -1.88. The summed E-state index contributed by atoms with van der Waals surface area (Å²) in [6.45, 7) is 5.11. The van der Waals surface area contributed by atoms with Crippen LogP contribution in [-0.2, 0) is 9.53 Å². The molecule has 5 nitrogen and oxygen atoms in total. The molecule has 1 aromatic carbocycles. The summed E-state index contributed by atoms with van der Waals surface area (Å²) in [5.41, 5.74) is 1.17. The molecular weight excluding hydrogens is 244 g/mol. The van der Waals surface area contributed by atoms with Gasteiger partial charge in [0.2, 0.25) is 5.91 Å². The number of ether oxygens (including phenoxy) is 1. The van der Waals surface area contributed by atoms with Gasteiger partial charge >= 0.3 is 0 Å². The van der Waals surface area contributed by atoms with Crippen LogP contribution in [-0.4, -0.2) is 37.6 Å². The summed E-state index contributed by atoms with van der Waals surface area (Å²) in [4.78, 5) is 25.9. The molecule has 0 aromatic heterocycles. The van der Waals surface area contributed by atoms with Crippen molar-refractivity contribution in [1.82, 2.24) is 5.32 Å². The first-order valence-electron chi connectivity index (χ1n) is 6.44. The molecule has 0 bridgehead atoms. The number of nitrogens with one attached hydrogen (secondary N) is 1. The molecule has 2 rings (SSSR count). The van der Waals surface area contributed by atoms with Crippen LogP contribution in [0.3, 0.4) is 0 Å². The van der Waals surface area contributed by atoms with Gasteiger partial charge in [-0.1, -0.05) is 12.1 Å². The van der Waals surface area contributed by atoms with E-state index in [2.05, 4.69) is 5.32 Å². The van der Waals surface area contributed by atoms with Crippen molar-refractivity contribution in [3.05, 3.63) is 29.8 Å². The third-order valence-electron chi connectivity index (χ3n) is 3.09. The van der Waals surface area contributed by atoms with Crippen molar-refractivity contribution >= 4 is 17.5 Å². The van der Waals surface area contributed by atoms with Gasteiger partial charge in [0.05, 0.1) is 17.9 Å². The Balaban J connectivity index is 2.34. The lowest BCUT2D eigenvalue weighted by atomic mass is 10.1. The normalized spacial score (nSPS) is 18.8. The molecule has 0 radical (unpaired) electrons. The van der Waals surface area contributed by atoms with Gasteiger partial charge in [-0.25, -0.2) is 0 Å². The number of carbonyl (C=O) groups excluding carboxylic acids is 2. The largest absolute Gasteiger partial charge is 0.380 e. The Morgan fingerprint density at radius 3 is 2.79 bits per heavy atom. The average Bonchev–Trinajstić information content (AvgIpc) is 2.50. The quantitative estimate of drug-likeness (QED) is 0.829. The Labute approximate surface area is 112 Å². The molecule has 1 heterocycles. The molecule has 1 aliphatic rings. The van der Waals surface area contributed by atoms with Gasteiger partial charge in [-0.05, 0) is 26.0 Å². The lowest BCUT2D eigenvalue weighted by Crippen LogP contribution is -2.45. The zero-order chi connectivity index (χ0) is 13.8. The number of anilines is 1. The molecule has 1 unspecified atom stereocenters. The molecule has 102 valence electrons. The molecular formula is C14H18N2O3. The van der Waals surface area contributed by atoms with Crippen LogP contribution in [0, 0.1) is 0 Å². The van der Waals surface area contributed by atoms with Gasteiger partial charge in [-0.3, -0.25) is 9.59 Å². The van der Waals surface area contributed by atoms with Crippen LogP contribution in [0.5, 0.6) is 0 Å². The van der Waals surface area contributed by atoms with Gasteiger partial charge in [0.15, 0.2) is 0 Å². The van der Waals surface area contributed by atoms with Gasteiger partial charge in [-0.2, -0.15) is 0 Å². The summed E-state index contributed by atoms with van der Waals surface area (Å²) < 4.78 is 5.30. The highest BCUT2D eigenvalue weighted by Crippen LogP contribution is 2.23. The minimum atomic E-state index is -0.526. The number of benzene rings is 1. The molecule has 0 spiro atoms. The zero-order valence-corrected chi connectivity index (χ0v) is 11.2. The standard InChI is InChI=1S/C14H18N2O3/c1-3-19-9-8-16-12-7-5-4-6-11(12)13(17)15-10(2)14(16)18/h4-7,10H,3,8-9H2,1-2H3,(H,15,17). The Kier molecular flexibility index (Phi) is 4.16. The second kappa shape index (κ2) is 5.84. The summed E-state index contributed by atoms with van der Waals surface area (Å²) in [7, 11) is 0. The second-order valence-corrected chi connectivity index (χ2v) is 4.40. The fraction of sp³-hybridized carbons (Fsp3) is 0.429. The van der Waals surface area contributed by atoms with Crippen molar-refractivity contribution in [1.29, 1.82) is 0 Å². The first-order chi connectivity index (χ1) is 9.15. The van der Waals surface area contributed by atoms with Crippen molar-refractivity contribution in [3.8, 4) is 0 Å². The third kappa shape index (κ3) is 2.76. The summed E-state index contributed by atoms with van der Waals surface area (Å²) >= 11 is 0. The first-order valence-corrected chi connectivity index (χ1v) is 6.44. The molecule has 5 heteroatoms. The van der Waals surface area contributed by atoms with Crippen molar-refractivity contribution in [2.24, 2.45) is 0 Å². The predicted molar refractivity (Wildman–Crippen MR) is 72.2 cm³/mol. The summed E-state index contributed by atoms with van der Waals surface area (Å²) in [5, 5.41) is 2.70. The monoisotopic (exact) mass is 262 g/mol. The maximum Gasteiger partial charge on any atom is 0.254 e. The minimum absolute atomic E-state index is 0.113. The van der Waals surface area contributed by atoms with Crippen LogP contribution in [0.1, 0.15) is 24.2 Å². The lowest BCUT2D eigenvalue weighted by Gasteiger charge is -2.23. The number of amides is 2. The number of hydrogen-bond acceptors (Lipinski definition) is 3. The van der Waals surface area contributed by atoms with Crippen LogP contribution in [0.4, 0.5) is 5.69 Å². The Morgan fingerprint density at radius 2 is 2.05 bits per heavy atom. The number of fused-ring (bicyclic) bond motifs is 1. The lowest BCUT2D eigenvalue weighted by molar-refractivity contribution is -0.120. The van der Waals surface area contributed by atoms with Gasteiger partial charge in [0.1, 0.15) is 6.04 Å². The smallest absolute Gasteiger partial charge is 0.254 e. The first kappa shape index (κ1) is 13.5. The molecule has 1 aromatic rings. The van der Waals surface area contributed by atoms with E-state index < -0.39 is 6.04 Å². The van der Waals surface area contributed by atoms with Crippen LogP contribution in [0.25, 0.3) is 0 Å². The molecule has 0 aliphatic carbocycles. The highest BCUT2D eigenvalue weighted by atomic mass is 16.5. The number of carbonyl (C=O) groups is 2. The van der Waals surface area contributed by atoms with E-state index in [-0.39, 0.29) is 11.8 Å². The maximum atomic E-state index is 12.3. The van der Waals surface area contributed by atoms with Gasteiger partial charge in [0, 0.05) is 13.2 Å². The fourth-order valence-corrected chi connectivity index (χ4v) is 2.12. The fourth-order valence-electron chi connectivity index (χ4n) is 2.12. The third-order valence-corrected chi connectivity index (χ3v) is 3.09. The zero-order valence-electron chi connectivity index (χ0n) is 11.2. The summed E-state index contributed by atoms with van der Waals surface area (Å²) in [5.74, 6) is -0.326. The maximum absolute atomic E-state index is 12.3. The second-order valence-electron chi connectivity index (χ2n) is 4.40. The van der Waals surface area contributed by atoms with Crippen molar-refractivity contribution in [2.75, 3.05) is 24.7 Å². The van der Waals surface area contributed by atoms with Crippen LogP contribution >= 0.6 is 0 Å². The van der Waals surface area contributed by atoms with Crippen molar-refractivity contribution in [3.63, 3.8) is 0 Å². The van der Waals surface area contributed by atoms with E-state index in [9.17, 15) is 9.59 Å². The number of rotatable bonds is 4. The van der Waals surface area contributed by atoms with Crippen LogP contribution < -0.4 is 10.2 Å². The van der Waals surface area contributed by atoms with E-state index >= 15 is 0 Å². The van der Waals surface area contributed by atoms with Crippen molar-refractivity contribution < 1.29 is 14.3 Å². The topological polar surface area (TPSA) is 58.6 Å². The SMILES string of the molecule is CCOCCN1C(=O)C(C)NC(=O)c2ccccc21. The molecule has 0 fully saturated rings. The molecule has 19 heavy (non-hydrogen) atoms. The number of nitrogens with zero attached hydrogens (tertiary/aromatic N) is 1. The van der Waals surface area contributed by atoms with Crippen LogP contribution in [0.15, 0.2) is 24.3 Å². The molecule has 0 saturated carbocycles. The number of hydrogen-bond donors (Lipinski definition) is 1. The van der Waals surface area contributed by atoms with E-state index in [1.54, 1.807) is 30.0 Å². The molecule has 1 N–H and O–H groups in total. The van der Waals surface area contributed by atoms with Crippen molar-refractivity contribution in [2.45, 2.75) is 19.9 Å². The van der Waals surface area contributed by atoms with E-state index in [0.29, 0.717) is 31.0 Å². The Bertz CT molecular complexity index is 487. The highest BCUT2D eigenvalue weighted by Gasteiger charge is 2.30. The highest BCUT2D eigenvalue weighted by molar-refractivity contribution is 6.10. The average molecular weight is 262 g/mol. The van der Waals surface area contributed by atoms with Gasteiger partial charge in [-0.15, -0.1) is 0 Å². The molecule has 0 saturated heterocycles. The molecule has 1 aliphatic heterocycles. The van der Waals surface area contributed by atoms with Gasteiger partial charge < -0.3 is 15.0 Å². The van der Waals surface area contributed by atoms with Gasteiger partial charge in [0.25, 0.3) is 5.91 Å². The summed E-state index contributed by atoms with van der Waals surface area (Å²) in [6.07, 6.45) is 0. The Morgan fingerprint density at radius 1 is 1.32 bits per heavy atom. The number of para-hydroxylation sites is 1.